The Labute approximate surface area is 209 Å². The summed E-state index contributed by atoms with van der Waals surface area (Å²) < 4.78 is 11.6. The SMILES string of the molecule is CC1=CCC([C@@H](C)[C@H]2C[C@@H](O)[C@@]3(C)C4=C(C=C5C=CC(=O)OC(C)(C)[C@@H]5CC4)CC[C@]23C)OC1=O. The van der Waals surface area contributed by atoms with Crippen LogP contribution in [0, 0.1) is 28.6 Å². The van der Waals surface area contributed by atoms with E-state index in [-0.39, 0.29) is 46.6 Å². The van der Waals surface area contributed by atoms with Crippen molar-refractivity contribution in [1.29, 1.82) is 0 Å². The van der Waals surface area contributed by atoms with E-state index in [2.05, 4.69) is 26.8 Å². The van der Waals surface area contributed by atoms with Gasteiger partial charge < -0.3 is 14.6 Å². The van der Waals surface area contributed by atoms with Crippen LogP contribution < -0.4 is 0 Å². The highest BCUT2D eigenvalue weighted by atomic mass is 16.6. The number of aliphatic hydroxyl groups excluding tert-OH is 1. The quantitative estimate of drug-likeness (QED) is 0.521. The number of hydrogen-bond donors (Lipinski definition) is 1. The number of aliphatic hydroxyl groups is 1. The number of hydrogen-bond acceptors (Lipinski definition) is 5. The number of rotatable bonds is 2. The highest BCUT2D eigenvalue weighted by Crippen LogP contribution is 2.68. The molecule has 0 spiro atoms. The van der Waals surface area contributed by atoms with Crippen LogP contribution in [0.2, 0.25) is 0 Å². The van der Waals surface area contributed by atoms with E-state index >= 15 is 0 Å². The number of allylic oxidation sites excluding steroid dienone is 3. The molecule has 1 saturated carbocycles. The van der Waals surface area contributed by atoms with Crippen molar-refractivity contribution in [2.45, 2.75) is 97.9 Å². The Morgan fingerprint density at radius 3 is 2.57 bits per heavy atom. The summed E-state index contributed by atoms with van der Waals surface area (Å²) in [6, 6.07) is 0. The van der Waals surface area contributed by atoms with Crippen molar-refractivity contribution >= 4 is 11.9 Å². The summed E-state index contributed by atoms with van der Waals surface area (Å²) in [6.07, 6.45) is 12.4. The van der Waals surface area contributed by atoms with Gasteiger partial charge >= 0.3 is 11.9 Å². The molecule has 0 aromatic carbocycles. The minimum absolute atomic E-state index is 0.0873. The zero-order valence-electron chi connectivity index (χ0n) is 22.0. The molecule has 1 N–H and O–H groups in total. The van der Waals surface area contributed by atoms with Gasteiger partial charge in [0.05, 0.1) is 6.10 Å². The van der Waals surface area contributed by atoms with Gasteiger partial charge in [-0.25, -0.2) is 9.59 Å². The maximum absolute atomic E-state index is 12.3. The largest absolute Gasteiger partial charge is 0.458 e. The molecule has 0 amide bonds. The second-order valence-corrected chi connectivity index (χ2v) is 12.5. The predicted octanol–water partition coefficient (Wildman–Crippen LogP) is 5.60. The van der Waals surface area contributed by atoms with E-state index in [0.717, 1.165) is 44.1 Å². The molecular formula is C30H40O5. The van der Waals surface area contributed by atoms with Gasteiger partial charge in [-0.1, -0.05) is 44.6 Å². The Morgan fingerprint density at radius 2 is 1.86 bits per heavy atom. The van der Waals surface area contributed by atoms with Crippen molar-refractivity contribution < 1.29 is 24.2 Å². The van der Waals surface area contributed by atoms with Crippen molar-refractivity contribution in [3.05, 3.63) is 46.6 Å². The molecule has 5 aliphatic rings. The van der Waals surface area contributed by atoms with Crippen LogP contribution in [-0.4, -0.2) is 34.9 Å². The Hall–Kier alpha value is -2.14. The van der Waals surface area contributed by atoms with Crippen molar-refractivity contribution in [3.8, 4) is 0 Å². The minimum atomic E-state index is -0.576. The minimum Gasteiger partial charge on any atom is -0.458 e. The third-order valence-corrected chi connectivity index (χ3v) is 10.6. The first kappa shape index (κ1) is 24.5. The molecule has 35 heavy (non-hydrogen) atoms. The van der Waals surface area contributed by atoms with Gasteiger partial charge in [-0.2, -0.15) is 0 Å². The molecule has 0 aromatic rings. The van der Waals surface area contributed by atoms with Crippen LogP contribution in [0.15, 0.2) is 46.6 Å². The smallest absolute Gasteiger partial charge is 0.333 e. The van der Waals surface area contributed by atoms with Gasteiger partial charge in [-0.15, -0.1) is 0 Å². The van der Waals surface area contributed by atoms with Crippen LogP contribution in [0.5, 0.6) is 0 Å². The predicted molar refractivity (Wildman–Crippen MR) is 134 cm³/mol. The number of carbonyl (C=O) groups excluding carboxylic acids is 2. The first-order valence-corrected chi connectivity index (χ1v) is 13.3. The van der Waals surface area contributed by atoms with E-state index in [1.165, 1.54) is 11.1 Å². The fourth-order valence-corrected chi connectivity index (χ4v) is 8.18. The fourth-order valence-electron chi connectivity index (χ4n) is 8.18. The lowest BCUT2D eigenvalue weighted by Gasteiger charge is -2.53. The van der Waals surface area contributed by atoms with Crippen molar-refractivity contribution in [1.82, 2.24) is 0 Å². The molecule has 2 heterocycles. The van der Waals surface area contributed by atoms with Crippen molar-refractivity contribution in [2.75, 3.05) is 0 Å². The Balaban J connectivity index is 1.50. The summed E-state index contributed by atoms with van der Waals surface area (Å²) in [5, 5.41) is 11.7. The van der Waals surface area contributed by atoms with Crippen LogP contribution in [0.3, 0.4) is 0 Å². The molecular weight excluding hydrogens is 440 g/mol. The van der Waals surface area contributed by atoms with Crippen LogP contribution >= 0.6 is 0 Å². The van der Waals surface area contributed by atoms with Crippen molar-refractivity contribution in [3.63, 3.8) is 0 Å². The van der Waals surface area contributed by atoms with Gasteiger partial charge in [0.25, 0.3) is 0 Å². The summed E-state index contributed by atoms with van der Waals surface area (Å²) in [7, 11) is 0. The highest BCUT2D eigenvalue weighted by molar-refractivity contribution is 5.88. The molecule has 5 nitrogen and oxygen atoms in total. The molecule has 7 atom stereocenters. The summed E-state index contributed by atoms with van der Waals surface area (Å²) in [5.41, 5.74) is 3.55. The van der Waals surface area contributed by atoms with E-state index in [0.29, 0.717) is 5.57 Å². The Kier molecular flexibility index (Phi) is 5.75. The summed E-state index contributed by atoms with van der Waals surface area (Å²) in [5.74, 6) is 0.0650. The molecule has 190 valence electrons. The van der Waals surface area contributed by atoms with Gasteiger partial charge in [-0.05, 0) is 81.3 Å². The van der Waals surface area contributed by atoms with Crippen LogP contribution in [0.1, 0.15) is 80.1 Å². The molecule has 1 fully saturated rings. The standard InChI is InChI=1S/C30H40O5/c1-17-7-11-24(34-27(17)33)18(2)23-16-25(31)30(6)22-10-9-21-19(8-12-26(32)35-28(21,3)4)15-20(22)13-14-29(23,30)5/h7-8,12,15,18,21,23-25,31H,9-11,13-14,16H2,1-6H3/t18-,21+,23+,24?,25+,29+,30+/m0/s1. The second-order valence-electron chi connectivity index (χ2n) is 12.5. The van der Waals surface area contributed by atoms with E-state index in [9.17, 15) is 14.7 Å². The monoisotopic (exact) mass is 480 g/mol. The number of cyclic esters (lactones) is 2. The molecule has 0 bridgehead atoms. The van der Waals surface area contributed by atoms with Gasteiger partial charge in [0.1, 0.15) is 11.7 Å². The first-order valence-electron chi connectivity index (χ1n) is 13.3. The molecule has 0 aromatic heterocycles. The van der Waals surface area contributed by atoms with E-state index in [1.54, 1.807) is 6.08 Å². The average molecular weight is 481 g/mol. The molecule has 5 rings (SSSR count). The summed E-state index contributed by atoms with van der Waals surface area (Å²) >= 11 is 0. The van der Waals surface area contributed by atoms with Crippen LogP contribution in [0.25, 0.3) is 0 Å². The lowest BCUT2D eigenvalue weighted by Crippen LogP contribution is -2.48. The maximum Gasteiger partial charge on any atom is 0.333 e. The molecule has 1 unspecified atom stereocenters. The van der Waals surface area contributed by atoms with E-state index in [4.69, 9.17) is 9.47 Å². The average Bonchev–Trinajstić information content (AvgIpc) is 2.93. The van der Waals surface area contributed by atoms with Crippen LogP contribution in [0.4, 0.5) is 0 Å². The maximum atomic E-state index is 12.3. The van der Waals surface area contributed by atoms with E-state index < -0.39 is 11.7 Å². The molecule has 2 aliphatic heterocycles. The van der Waals surface area contributed by atoms with Gasteiger partial charge in [0, 0.05) is 29.4 Å². The zero-order chi connectivity index (χ0) is 25.3. The highest BCUT2D eigenvalue weighted by Gasteiger charge is 2.64. The molecule has 0 saturated heterocycles. The lowest BCUT2D eigenvalue weighted by atomic mass is 9.52. The number of carbonyl (C=O) groups is 2. The van der Waals surface area contributed by atoms with Crippen molar-refractivity contribution in [2.24, 2.45) is 28.6 Å². The third kappa shape index (κ3) is 3.60. The molecule has 5 heteroatoms. The summed E-state index contributed by atoms with van der Waals surface area (Å²) in [4.78, 5) is 24.4. The fraction of sp³-hybridized carbons (Fsp3) is 0.667. The summed E-state index contributed by atoms with van der Waals surface area (Å²) in [6.45, 7) is 12.7. The number of ether oxygens (including phenoxy) is 2. The van der Waals surface area contributed by atoms with Gasteiger partial charge in [0.2, 0.25) is 0 Å². The lowest BCUT2D eigenvalue weighted by molar-refractivity contribution is -0.153. The Bertz CT molecular complexity index is 1070. The van der Waals surface area contributed by atoms with Gasteiger partial charge in [0.15, 0.2) is 0 Å². The topological polar surface area (TPSA) is 72.8 Å². The normalized spacial score (nSPS) is 41.3. The zero-order valence-corrected chi connectivity index (χ0v) is 22.0. The number of fused-ring (bicyclic) bond motifs is 3. The second kappa shape index (κ2) is 8.19. The van der Waals surface area contributed by atoms with E-state index in [1.807, 2.05) is 32.9 Å². The van der Waals surface area contributed by atoms with Gasteiger partial charge in [-0.3, -0.25) is 0 Å². The molecule has 0 radical (unpaired) electrons. The molecule has 3 aliphatic carbocycles. The Morgan fingerprint density at radius 1 is 1.11 bits per heavy atom. The first-order chi connectivity index (χ1) is 16.4. The number of esters is 2. The third-order valence-electron chi connectivity index (χ3n) is 10.6. The van der Waals surface area contributed by atoms with Crippen LogP contribution in [-0.2, 0) is 19.1 Å².